The first kappa shape index (κ1) is 14.6. The molecule has 108 valence electrons. The molecule has 1 aromatic heterocycles. The van der Waals surface area contributed by atoms with E-state index in [2.05, 4.69) is 16.0 Å². The van der Waals surface area contributed by atoms with Crippen LogP contribution in [0.25, 0.3) is 0 Å². The number of nitrogens with zero attached hydrogens (tertiary/aromatic N) is 3. The smallest absolute Gasteiger partial charge is 0.224 e. The Hall–Kier alpha value is -1.83. The van der Waals surface area contributed by atoms with Gasteiger partial charge < -0.3 is 9.88 Å². The number of aromatic nitrogens is 2. The molecule has 1 N–H and O–H groups in total. The lowest BCUT2D eigenvalue weighted by molar-refractivity contribution is -0.134. The van der Waals surface area contributed by atoms with E-state index in [-0.39, 0.29) is 5.91 Å². The standard InChI is InChI=1S/C15H22N4O/c1-15(2,11-16)10-14(20)19-7-3-12(4-8-19)9-13-17-5-6-18-13/h5-6,12H,3-4,7-10H2,1-2H3,(H,17,18). The van der Waals surface area contributed by atoms with Gasteiger partial charge in [-0.05, 0) is 32.6 Å². The summed E-state index contributed by atoms with van der Waals surface area (Å²) in [6.45, 7) is 5.22. The van der Waals surface area contributed by atoms with E-state index in [9.17, 15) is 4.79 Å². The highest BCUT2D eigenvalue weighted by molar-refractivity contribution is 5.77. The van der Waals surface area contributed by atoms with Crippen LogP contribution in [0.15, 0.2) is 12.4 Å². The van der Waals surface area contributed by atoms with E-state index in [0.717, 1.165) is 38.2 Å². The van der Waals surface area contributed by atoms with Gasteiger partial charge in [0.2, 0.25) is 5.91 Å². The average molecular weight is 274 g/mol. The Morgan fingerprint density at radius 1 is 1.55 bits per heavy atom. The summed E-state index contributed by atoms with van der Waals surface area (Å²) in [6, 6.07) is 2.19. The molecule has 0 aromatic carbocycles. The summed E-state index contributed by atoms with van der Waals surface area (Å²) >= 11 is 0. The fraction of sp³-hybridized carbons (Fsp3) is 0.667. The van der Waals surface area contributed by atoms with Gasteiger partial charge in [0.05, 0.1) is 11.5 Å². The second kappa shape index (κ2) is 6.08. The van der Waals surface area contributed by atoms with Crippen molar-refractivity contribution in [2.45, 2.75) is 39.5 Å². The Morgan fingerprint density at radius 2 is 2.25 bits per heavy atom. The number of nitrogens with one attached hydrogen (secondary N) is 1. The maximum atomic E-state index is 12.2. The molecule has 1 saturated heterocycles. The first-order chi connectivity index (χ1) is 9.50. The second-order valence-corrected chi connectivity index (χ2v) is 6.24. The number of rotatable bonds is 4. The molecule has 1 aromatic rings. The van der Waals surface area contributed by atoms with Crippen LogP contribution in [0.2, 0.25) is 0 Å². The van der Waals surface area contributed by atoms with Crippen LogP contribution in [0.5, 0.6) is 0 Å². The molecule has 0 radical (unpaired) electrons. The maximum Gasteiger partial charge on any atom is 0.224 e. The zero-order chi connectivity index (χ0) is 14.6. The molecule has 1 fully saturated rings. The lowest BCUT2D eigenvalue weighted by Gasteiger charge is -2.33. The summed E-state index contributed by atoms with van der Waals surface area (Å²) in [5, 5.41) is 9.00. The predicted octanol–water partition coefficient (Wildman–Crippen LogP) is 2.13. The van der Waals surface area contributed by atoms with Crippen molar-refractivity contribution in [3.05, 3.63) is 18.2 Å². The number of amides is 1. The van der Waals surface area contributed by atoms with Gasteiger partial charge in [-0.25, -0.2) is 4.98 Å². The molecule has 0 bridgehead atoms. The summed E-state index contributed by atoms with van der Waals surface area (Å²) in [4.78, 5) is 21.4. The lowest BCUT2D eigenvalue weighted by Crippen LogP contribution is -2.40. The molecule has 0 aliphatic carbocycles. The van der Waals surface area contributed by atoms with Crippen LogP contribution < -0.4 is 0 Å². The number of imidazole rings is 1. The highest BCUT2D eigenvalue weighted by Gasteiger charge is 2.28. The number of H-pyrrole nitrogens is 1. The summed E-state index contributed by atoms with van der Waals surface area (Å²) in [6.07, 6.45) is 6.92. The van der Waals surface area contributed by atoms with E-state index in [0.29, 0.717) is 12.3 Å². The number of carbonyl (C=O) groups is 1. The number of hydrogen-bond donors (Lipinski definition) is 1. The molecule has 1 aliphatic heterocycles. The molecular formula is C15H22N4O. The van der Waals surface area contributed by atoms with Crippen molar-refractivity contribution in [2.24, 2.45) is 11.3 Å². The van der Waals surface area contributed by atoms with Gasteiger partial charge in [0.15, 0.2) is 0 Å². The van der Waals surface area contributed by atoms with Crippen molar-refractivity contribution in [1.29, 1.82) is 5.26 Å². The Labute approximate surface area is 120 Å². The molecular weight excluding hydrogens is 252 g/mol. The minimum atomic E-state index is -0.567. The van der Waals surface area contributed by atoms with Crippen LogP contribution in [0.3, 0.4) is 0 Å². The van der Waals surface area contributed by atoms with E-state index in [1.54, 1.807) is 6.20 Å². The summed E-state index contributed by atoms with van der Waals surface area (Å²) < 4.78 is 0. The minimum absolute atomic E-state index is 0.105. The van der Waals surface area contributed by atoms with E-state index in [1.807, 2.05) is 24.9 Å². The van der Waals surface area contributed by atoms with E-state index in [4.69, 9.17) is 5.26 Å². The number of likely N-dealkylation sites (tertiary alicyclic amines) is 1. The van der Waals surface area contributed by atoms with Gasteiger partial charge in [-0.2, -0.15) is 5.26 Å². The van der Waals surface area contributed by atoms with E-state index in [1.165, 1.54) is 0 Å². The van der Waals surface area contributed by atoms with Crippen LogP contribution in [0.4, 0.5) is 0 Å². The van der Waals surface area contributed by atoms with Gasteiger partial charge in [0, 0.05) is 38.3 Å². The van der Waals surface area contributed by atoms with Crippen molar-refractivity contribution >= 4 is 5.91 Å². The fourth-order valence-electron chi connectivity index (χ4n) is 2.60. The molecule has 0 spiro atoms. The lowest BCUT2D eigenvalue weighted by atomic mass is 9.89. The van der Waals surface area contributed by atoms with Gasteiger partial charge in [-0.1, -0.05) is 0 Å². The van der Waals surface area contributed by atoms with Gasteiger partial charge in [-0.15, -0.1) is 0 Å². The Kier molecular flexibility index (Phi) is 4.43. The number of carbonyl (C=O) groups excluding carboxylic acids is 1. The second-order valence-electron chi connectivity index (χ2n) is 6.24. The fourth-order valence-corrected chi connectivity index (χ4v) is 2.60. The third-order valence-corrected chi connectivity index (χ3v) is 3.90. The van der Waals surface area contributed by atoms with Crippen LogP contribution in [-0.4, -0.2) is 33.9 Å². The Morgan fingerprint density at radius 3 is 2.80 bits per heavy atom. The van der Waals surface area contributed by atoms with Gasteiger partial charge in [0.25, 0.3) is 0 Å². The maximum absolute atomic E-state index is 12.2. The van der Waals surface area contributed by atoms with Gasteiger partial charge in [0.1, 0.15) is 5.82 Å². The van der Waals surface area contributed by atoms with E-state index >= 15 is 0 Å². The van der Waals surface area contributed by atoms with Crippen LogP contribution in [0, 0.1) is 22.7 Å². The molecule has 0 saturated carbocycles. The number of aromatic amines is 1. The van der Waals surface area contributed by atoms with Gasteiger partial charge >= 0.3 is 0 Å². The molecule has 1 aliphatic rings. The third-order valence-electron chi connectivity index (χ3n) is 3.90. The van der Waals surface area contributed by atoms with Crippen LogP contribution in [0.1, 0.15) is 38.9 Å². The Balaban J connectivity index is 1.79. The highest BCUT2D eigenvalue weighted by Crippen LogP contribution is 2.24. The van der Waals surface area contributed by atoms with Crippen LogP contribution >= 0.6 is 0 Å². The molecule has 0 unspecified atom stereocenters. The minimum Gasteiger partial charge on any atom is -0.349 e. The Bertz CT molecular complexity index is 478. The quantitative estimate of drug-likeness (QED) is 0.914. The normalized spacial score (nSPS) is 16.9. The van der Waals surface area contributed by atoms with Crippen molar-refractivity contribution < 1.29 is 4.79 Å². The van der Waals surface area contributed by atoms with Crippen molar-refractivity contribution in [3.8, 4) is 6.07 Å². The highest BCUT2D eigenvalue weighted by atomic mass is 16.2. The van der Waals surface area contributed by atoms with Crippen LogP contribution in [-0.2, 0) is 11.2 Å². The molecule has 0 atom stereocenters. The molecule has 2 rings (SSSR count). The van der Waals surface area contributed by atoms with Crippen molar-refractivity contribution in [1.82, 2.24) is 14.9 Å². The summed E-state index contributed by atoms with van der Waals surface area (Å²) in [5.74, 6) is 1.72. The largest absolute Gasteiger partial charge is 0.349 e. The average Bonchev–Trinajstić information content (AvgIpc) is 2.92. The zero-order valence-corrected chi connectivity index (χ0v) is 12.2. The van der Waals surface area contributed by atoms with Gasteiger partial charge in [-0.3, -0.25) is 4.79 Å². The zero-order valence-electron chi connectivity index (χ0n) is 12.2. The first-order valence-electron chi connectivity index (χ1n) is 7.17. The summed E-state index contributed by atoms with van der Waals surface area (Å²) in [7, 11) is 0. The number of hydrogen-bond acceptors (Lipinski definition) is 3. The summed E-state index contributed by atoms with van der Waals surface area (Å²) in [5.41, 5.74) is -0.567. The molecule has 5 heteroatoms. The van der Waals surface area contributed by atoms with Crippen molar-refractivity contribution in [2.75, 3.05) is 13.1 Å². The monoisotopic (exact) mass is 274 g/mol. The SMILES string of the molecule is CC(C)(C#N)CC(=O)N1CCC(Cc2ncc[nH]2)CC1. The first-order valence-corrected chi connectivity index (χ1v) is 7.17. The predicted molar refractivity (Wildman–Crippen MR) is 75.6 cm³/mol. The molecule has 2 heterocycles. The topological polar surface area (TPSA) is 72.8 Å². The van der Waals surface area contributed by atoms with E-state index < -0.39 is 5.41 Å². The molecule has 1 amide bonds. The molecule has 20 heavy (non-hydrogen) atoms. The molecule has 5 nitrogen and oxygen atoms in total. The number of nitriles is 1. The number of piperidine rings is 1. The third kappa shape index (κ3) is 3.83. The van der Waals surface area contributed by atoms with Crippen molar-refractivity contribution in [3.63, 3.8) is 0 Å².